The Hall–Kier alpha value is -1.08. The van der Waals surface area contributed by atoms with Gasteiger partial charge < -0.3 is 14.9 Å². The van der Waals surface area contributed by atoms with Crippen LogP contribution in [0.5, 0.6) is 0 Å². The third-order valence-corrected chi connectivity index (χ3v) is 5.12. The van der Waals surface area contributed by atoms with Crippen molar-refractivity contribution in [1.29, 1.82) is 0 Å². The summed E-state index contributed by atoms with van der Waals surface area (Å²) in [6, 6.07) is 1.88. The van der Waals surface area contributed by atoms with Crippen molar-refractivity contribution >= 4 is 39.3 Å². The number of hydrogen-bond acceptors (Lipinski definition) is 3. The molecule has 0 radical (unpaired) electrons. The number of amides is 2. The molecule has 1 N–H and O–H groups in total. The summed E-state index contributed by atoms with van der Waals surface area (Å²) in [5.74, 6) is -1.28. The van der Waals surface area contributed by atoms with Crippen molar-refractivity contribution < 1.29 is 14.7 Å². The van der Waals surface area contributed by atoms with Crippen molar-refractivity contribution in [3.63, 3.8) is 0 Å². The summed E-state index contributed by atoms with van der Waals surface area (Å²) < 4.78 is 1.04. The van der Waals surface area contributed by atoms with Crippen LogP contribution in [0.3, 0.4) is 0 Å². The fourth-order valence-electron chi connectivity index (χ4n) is 2.46. The summed E-state index contributed by atoms with van der Waals surface area (Å²) >= 11 is 4.98. The van der Waals surface area contributed by atoms with Crippen LogP contribution < -0.4 is 0 Å². The summed E-state index contributed by atoms with van der Waals surface area (Å²) in [5.41, 5.74) is 1.07. The molecule has 1 saturated heterocycles. The molecule has 2 atom stereocenters. The zero-order chi connectivity index (χ0) is 14.9. The predicted molar refractivity (Wildman–Crippen MR) is 80.7 cm³/mol. The molecule has 7 heteroatoms. The van der Waals surface area contributed by atoms with Gasteiger partial charge in [-0.15, -0.1) is 11.3 Å². The first-order valence-electron chi connectivity index (χ1n) is 6.34. The average Bonchev–Trinajstić information content (AvgIpc) is 2.94. The summed E-state index contributed by atoms with van der Waals surface area (Å²) in [6.45, 7) is 3.21. The number of hydrogen-bond donors (Lipinski definition) is 1. The Bertz CT molecular complexity index is 519. The molecule has 2 rings (SSSR count). The fourth-order valence-corrected chi connectivity index (χ4v) is 3.66. The van der Waals surface area contributed by atoms with Gasteiger partial charge in [-0.2, -0.15) is 0 Å². The van der Waals surface area contributed by atoms with Crippen molar-refractivity contribution in [3.05, 3.63) is 20.8 Å². The van der Waals surface area contributed by atoms with Gasteiger partial charge in [-0.3, -0.25) is 4.79 Å². The Morgan fingerprint density at radius 3 is 2.75 bits per heavy atom. The Balaban J connectivity index is 1.96. The number of halogens is 1. The maximum absolute atomic E-state index is 12.3. The largest absolute Gasteiger partial charge is 0.481 e. The van der Waals surface area contributed by atoms with Gasteiger partial charge in [0.15, 0.2) is 0 Å². The lowest BCUT2D eigenvalue weighted by Gasteiger charge is -2.24. The van der Waals surface area contributed by atoms with E-state index in [9.17, 15) is 9.59 Å². The molecule has 1 fully saturated rings. The quantitative estimate of drug-likeness (QED) is 0.901. The highest BCUT2D eigenvalue weighted by Gasteiger charge is 2.37. The van der Waals surface area contributed by atoms with Crippen LogP contribution in [0.15, 0.2) is 15.2 Å². The number of thiophene rings is 1. The first kappa shape index (κ1) is 15.3. The van der Waals surface area contributed by atoms with E-state index in [0.717, 1.165) is 9.35 Å². The molecule has 0 aromatic carbocycles. The van der Waals surface area contributed by atoms with Crippen molar-refractivity contribution in [1.82, 2.24) is 9.80 Å². The van der Waals surface area contributed by atoms with E-state index in [1.807, 2.05) is 18.4 Å². The lowest BCUT2D eigenvalue weighted by Crippen LogP contribution is -2.39. The molecule has 2 amide bonds. The van der Waals surface area contributed by atoms with Crippen LogP contribution in [-0.2, 0) is 11.3 Å². The van der Waals surface area contributed by atoms with Gasteiger partial charge in [0.1, 0.15) is 0 Å². The molecule has 1 aliphatic rings. The molecule has 0 aliphatic carbocycles. The van der Waals surface area contributed by atoms with Gasteiger partial charge in [-0.1, -0.05) is 6.92 Å². The topological polar surface area (TPSA) is 60.9 Å². The van der Waals surface area contributed by atoms with E-state index in [1.165, 1.54) is 0 Å². The van der Waals surface area contributed by atoms with Gasteiger partial charge in [0, 0.05) is 26.7 Å². The Morgan fingerprint density at radius 1 is 1.55 bits per heavy atom. The molecule has 0 spiro atoms. The van der Waals surface area contributed by atoms with E-state index in [1.54, 1.807) is 28.2 Å². The van der Waals surface area contributed by atoms with Gasteiger partial charge in [0.05, 0.1) is 9.70 Å². The maximum Gasteiger partial charge on any atom is 0.320 e. The molecule has 5 nitrogen and oxygen atoms in total. The lowest BCUT2D eigenvalue weighted by atomic mass is 9.99. The summed E-state index contributed by atoms with van der Waals surface area (Å²) in [7, 11) is 1.74. The molecular formula is C13H17BrN2O3S. The van der Waals surface area contributed by atoms with E-state index in [-0.39, 0.29) is 11.9 Å². The van der Waals surface area contributed by atoms with Crippen LogP contribution >= 0.6 is 27.3 Å². The van der Waals surface area contributed by atoms with Crippen molar-refractivity contribution in [3.8, 4) is 0 Å². The normalized spacial score (nSPS) is 22.1. The van der Waals surface area contributed by atoms with Crippen LogP contribution in [0, 0.1) is 11.8 Å². The molecule has 2 heterocycles. The molecule has 1 aliphatic heterocycles. The molecule has 20 heavy (non-hydrogen) atoms. The highest BCUT2D eigenvalue weighted by Crippen LogP contribution is 2.25. The number of rotatable bonds is 3. The molecule has 0 bridgehead atoms. The number of aliphatic carboxylic acids is 1. The second-order valence-electron chi connectivity index (χ2n) is 5.22. The zero-order valence-corrected chi connectivity index (χ0v) is 13.8. The molecular weight excluding hydrogens is 344 g/mol. The zero-order valence-electron chi connectivity index (χ0n) is 11.4. The average molecular weight is 361 g/mol. The van der Waals surface area contributed by atoms with E-state index in [2.05, 4.69) is 15.9 Å². The highest BCUT2D eigenvalue weighted by atomic mass is 79.9. The standard InChI is InChI=1S/C13H17BrN2O3S/c1-8-4-16(6-10(8)12(17)18)13(19)15(2)5-9-3-11(14)20-7-9/h3,7-8,10H,4-6H2,1-2H3,(H,17,18). The monoisotopic (exact) mass is 360 g/mol. The Labute approximate surface area is 130 Å². The van der Waals surface area contributed by atoms with Gasteiger partial charge in [0.25, 0.3) is 0 Å². The summed E-state index contributed by atoms with van der Waals surface area (Å²) in [6.07, 6.45) is 0. The first-order chi connectivity index (χ1) is 9.38. The van der Waals surface area contributed by atoms with Crippen LogP contribution in [0.25, 0.3) is 0 Å². The van der Waals surface area contributed by atoms with Crippen molar-refractivity contribution in [2.45, 2.75) is 13.5 Å². The van der Waals surface area contributed by atoms with Crippen LogP contribution in [0.2, 0.25) is 0 Å². The third-order valence-electron chi connectivity index (χ3n) is 3.57. The molecule has 1 aromatic heterocycles. The molecule has 110 valence electrons. The first-order valence-corrected chi connectivity index (χ1v) is 8.01. The predicted octanol–water partition coefficient (Wildman–Crippen LogP) is 2.71. The Morgan fingerprint density at radius 2 is 2.25 bits per heavy atom. The fraction of sp³-hybridized carbons (Fsp3) is 0.538. The number of carbonyl (C=O) groups excluding carboxylic acids is 1. The molecule has 0 saturated carbocycles. The van der Waals surface area contributed by atoms with Gasteiger partial charge in [-0.05, 0) is 38.9 Å². The Kier molecular flexibility index (Phi) is 4.70. The molecule has 2 unspecified atom stereocenters. The van der Waals surface area contributed by atoms with Crippen LogP contribution in [0.1, 0.15) is 12.5 Å². The van der Waals surface area contributed by atoms with E-state index >= 15 is 0 Å². The van der Waals surface area contributed by atoms with Crippen LogP contribution in [0.4, 0.5) is 4.79 Å². The second kappa shape index (κ2) is 6.13. The van der Waals surface area contributed by atoms with Gasteiger partial charge in [-0.25, -0.2) is 4.79 Å². The van der Waals surface area contributed by atoms with Crippen molar-refractivity contribution in [2.24, 2.45) is 11.8 Å². The minimum atomic E-state index is -0.822. The van der Waals surface area contributed by atoms with Gasteiger partial charge in [0.2, 0.25) is 0 Å². The van der Waals surface area contributed by atoms with E-state index in [4.69, 9.17) is 5.11 Å². The van der Waals surface area contributed by atoms with E-state index < -0.39 is 11.9 Å². The number of carboxylic acid groups (broad SMARTS) is 1. The third kappa shape index (κ3) is 3.32. The molecule has 1 aromatic rings. The number of urea groups is 1. The van der Waals surface area contributed by atoms with E-state index in [0.29, 0.717) is 19.6 Å². The second-order valence-corrected chi connectivity index (χ2v) is 7.52. The summed E-state index contributed by atoms with van der Waals surface area (Å²) in [5, 5.41) is 11.1. The SMILES string of the molecule is CC1CN(C(=O)N(C)Cc2csc(Br)c2)CC1C(=O)O. The number of carbonyl (C=O) groups is 2. The van der Waals surface area contributed by atoms with Gasteiger partial charge >= 0.3 is 12.0 Å². The number of carboxylic acids is 1. The van der Waals surface area contributed by atoms with Crippen molar-refractivity contribution in [2.75, 3.05) is 20.1 Å². The van der Waals surface area contributed by atoms with Crippen LogP contribution in [-0.4, -0.2) is 47.0 Å². The minimum absolute atomic E-state index is 0.000131. The number of likely N-dealkylation sites (tertiary alicyclic amines) is 1. The highest BCUT2D eigenvalue weighted by molar-refractivity contribution is 9.11. The minimum Gasteiger partial charge on any atom is -0.481 e. The lowest BCUT2D eigenvalue weighted by molar-refractivity contribution is -0.142. The number of nitrogens with zero attached hydrogens (tertiary/aromatic N) is 2. The summed E-state index contributed by atoms with van der Waals surface area (Å²) in [4.78, 5) is 26.7. The smallest absolute Gasteiger partial charge is 0.320 e. The maximum atomic E-state index is 12.3.